The highest BCUT2D eigenvalue weighted by atomic mass is 35.5. The van der Waals surface area contributed by atoms with E-state index in [1.165, 1.54) is 12.1 Å². The van der Waals surface area contributed by atoms with Crippen molar-refractivity contribution in [1.82, 2.24) is 14.9 Å². The van der Waals surface area contributed by atoms with Crippen molar-refractivity contribution in [3.05, 3.63) is 76.5 Å². The molecule has 0 saturated heterocycles. The van der Waals surface area contributed by atoms with E-state index in [2.05, 4.69) is 14.9 Å². The minimum atomic E-state index is -0.339. The Labute approximate surface area is 137 Å². The fourth-order valence-corrected chi connectivity index (χ4v) is 3.44. The molecule has 6 heteroatoms. The molecule has 0 bridgehead atoms. The molecule has 1 aliphatic heterocycles. The van der Waals surface area contributed by atoms with Crippen LogP contribution in [0.2, 0.25) is 5.02 Å². The number of nitrogens with one attached hydrogen (secondary N) is 1. The minimum absolute atomic E-state index is 0.122. The fourth-order valence-electron chi connectivity index (χ4n) is 3.17. The molecule has 1 unspecified atom stereocenters. The molecular weight excluding hydrogens is 317 g/mol. The van der Waals surface area contributed by atoms with Crippen LogP contribution in [0.3, 0.4) is 0 Å². The Morgan fingerprint density at radius 2 is 2.30 bits per heavy atom. The van der Waals surface area contributed by atoms with Crippen molar-refractivity contribution in [2.45, 2.75) is 19.0 Å². The number of aromatic amines is 1. The highest BCUT2D eigenvalue weighted by Gasteiger charge is 2.32. The van der Waals surface area contributed by atoms with Gasteiger partial charge in [0.05, 0.1) is 30.9 Å². The Morgan fingerprint density at radius 3 is 3.09 bits per heavy atom. The van der Waals surface area contributed by atoms with E-state index in [0.717, 1.165) is 35.7 Å². The number of hydrogen-bond donors (Lipinski definition) is 1. The summed E-state index contributed by atoms with van der Waals surface area (Å²) in [6, 6.07) is 8.23. The molecule has 0 aliphatic carbocycles. The predicted molar refractivity (Wildman–Crippen MR) is 84.7 cm³/mol. The fraction of sp³-hybridized carbons (Fsp3) is 0.235. The van der Waals surface area contributed by atoms with E-state index in [-0.39, 0.29) is 11.9 Å². The number of H-pyrrole nitrogens is 1. The number of nitrogens with zero attached hydrogens (tertiary/aromatic N) is 2. The van der Waals surface area contributed by atoms with Crippen LogP contribution in [0.1, 0.15) is 28.8 Å². The van der Waals surface area contributed by atoms with Crippen molar-refractivity contribution in [2.24, 2.45) is 0 Å². The summed E-state index contributed by atoms with van der Waals surface area (Å²) in [5.74, 6) is 0.543. The number of imidazole rings is 1. The van der Waals surface area contributed by atoms with Gasteiger partial charge in [-0.2, -0.15) is 0 Å². The van der Waals surface area contributed by atoms with Crippen molar-refractivity contribution in [2.75, 3.05) is 6.54 Å². The summed E-state index contributed by atoms with van der Waals surface area (Å²) in [7, 11) is 0. The van der Waals surface area contributed by atoms with Gasteiger partial charge >= 0.3 is 0 Å². The van der Waals surface area contributed by atoms with Gasteiger partial charge in [-0.3, -0.25) is 4.90 Å². The molecule has 1 aliphatic rings. The van der Waals surface area contributed by atoms with Crippen LogP contribution in [-0.2, 0) is 13.0 Å². The van der Waals surface area contributed by atoms with Gasteiger partial charge in [0.15, 0.2) is 0 Å². The van der Waals surface area contributed by atoms with Gasteiger partial charge in [0.25, 0.3) is 0 Å². The Hall–Kier alpha value is -2.11. The molecule has 0 fully saturated rings. The number of halogens is 2. The Morgan fingerprint density at radius 1 is 1.39 bits per heavy atom. The van der Waals surface area contributed by atoms with Gasteiger partial charge < -0.3 is 9.40 Å². The molecule has 1 atom stereocenters. The summed E-state index contributed by atoms with van der Waals surface area (Å²) in [4.78, 5) is 9.92. The Balaban J connectivity index is 1.77. The molecule has 0 spiro atoms. The molecule has 118 valence electrons. The van der Waals surface area contributed by atoms with Gasteiger partial charge in [0, 0.05) is 23.7 Å². The van der Waals surface area contributed by atoms with E-state index in [1.54, 1.807) is 18.7 Å². The maximum atomic E-state index is 13.4. The van der Waals surface area contributed by atoms with Crippen LogP contribution in [0, 0.1) is 5.82 Å². The molecule has 0 amide bonds. The first kappa shape index (κ1) is 14.5. The van der Waals surface area contributed by atoms with Crippen LogP contribution < -0.4 is 0 Å². The first-order valence-electron chi connectivity index (χ1n) is 7.46. The lowest BCUT2D eigenvalue weighted by Crippen LogP contribution is -2.36. The second kappa shape index (κ2) is 5.83. The van der Waals surface area contributed by atoms with Gasteiger partial charge in [-0.25, -0.2) is 9.37 Å². The minimum Gasteiger partial charge on any atom is -0.468 e. The number of furan rings is 1. The van der Waals surface area contributed by atoms with Crippen LogP contribution in [-0.4, -0.2) is 21.4 Å². The second-order valence-corrected chi connectivity index (χ2v) is 6.04. The molecule has 3 aromatic rings. The van der Waals surface area contributed by atoms with Gasteiger partial charge in [-0.1, -0.05) is 17.7 Å². The van der Waals surface area contributed by atoms with Gasteiger partial charge in [0.2, 0.25) is 0 Å². The van der Waals surface area contributed by atoms with E-state index >= 15 is 0 Å². The predicted octanol–water partition coefficient (Wildman–Crippen LogP) is 3.94. The van der Waals surface area contributed by atoms with Gasteiger partial charge in [-0.05, 0) is 29.8 Å². The van der Waals surface area contributed by atoms with E-state index in [4.69, 9.17) is 16.0 Å². The Kier molecular flexibility index (Phi) is 3.67. The van der Waals surface area contributed by atoms with Crippen molar-refractivity contribution in [3.63, 3.8) is 0 Å². The molecular formula is C17H15ClFN3O. The quantitative estimate of drug-likeness (QED) is 0.790. The summed E-state index contributed by atoms with van der Waals surface area (Å²) in [5, 5.41) is 0.412. The number of fused-ring (bicyclic) bond motifs is 1. The third-order valence-corrected chi connectivity index (χ3v) is 4.55. The van der Waals surface area contributed by atoms with Crippen molar-refractivity contribution < 1.29 is 8.81 Å². The molecule has 3 heterocycles. The van der Waals surface area contributed by atoms with Crippen LogP contribution in [0.5, 0.6) is 0 Å². The zero-order chi connectivity index (χ0) is 15.8. The average molecular weight is 332 g/mol. The lowest BCUT2D eigenvalue weighted by Gasteiger charge is -2.35. The van der Waals surface area contributed by atoms with Crippen molar-refractivity contribution in [1.29, 1.82) is 0 Å². The first-order valence-corrected chi connectivity index (χ1v) is 7.83. The molecule has 1 aromatic carbocycles. The standard InChI is InChI=1S/C17H15ClFN3O/c18-14-8-11(19)3-4-13(14)17-16-15(20-10-21-16)5-6-22(17)9-12-2-1-7-23-12/h1-4,7-8,10,17H,5-6,9H2,(H,20,21). The van der Waals surface area contributed by atoms with Crippen LogP contribution in [0.25, 0.3) is 0 Å². The van der Waals surface area contributed by atoms with Crippen molar-refractivity contribution >= 4 is 11.6 Å². The molecule has 1 N–H and O–H groups in total. The molecule has 0 radical (unpaired) electrons. The van der Waals surface area contributed by atoms with Crippen LogP contribution in [0.15, 0.2) is 47.3 Å². The maximum Gasteiger partial charge on any atom is 0.124 e. The van der Waals surface area contributed by atoms with Crippen molar-refractivity contribution in [3.8, 4) is 0 Å². The van der Waals surface area contributed by atoms with E-state index in [9.17, 15) is 4.39 Å². The van der Waals surface area contributed by atoms with Crippen LogP contribution in [0.4, 0.5) is 4.39 Å². The number of hydrogen-bond acceptors (Lipinski definition) is 3. The summed E-state index contributed by atoms with van der Waals surface area (Å²) in [6.07, 6.45) is 4.25. The highest BCUT2D eigenvalue weighted by molar-refractivity contribution is 6.31. The topological polar surface area (TPSA) is 45.1 Å². The normalized spacial score (nSPS) is 18.1. The smallest absolute Gasteiger partial charge is 0.124 e. The summed E-state index contributed by atoms with van der Waals surface area (Å²) < 4.78 is 18.9. The number of aromatic nitrogens is 2. The summed E-state index contributed by atoms with van der Waals surface area (Å²) >= 11 is 6.32. The summed E-state index contributed by atoms with van der Waals surface area (Å²) in [5.41, 5.74) is 2.90. The molecule has 0 saturated carbocycles. The summed E-state index contributed by atoms with van der Waals surface area (Å²) in [6.45, 7) is 1.49. The van der Waals surface area contributed by atoms with Gasteiger partial charge in [-0.15, -0.1) is 0 Å². The highest BCUT2D eigenvalue weighted by Crippen LogP contribution is 2.37. The number of benzene rings is 1. The lowest BCUT2D eigenvalue weighted by atomic mass is 9.95. The lowest BCUT2D eigenvalue weighted by molar-refractivity contribution is 0.185. The monoisotopic (exact) mass is 331 g/mol. The van der Waals surface area contributed by atoms with E-state index in [0.29, 0.717) is 11.6 Å². The SMILES string of the molecule is Fc1ccc(C2c3nc[nH]c3CCN2Cc2ccco2)c(Cl)c1. The molecule has 2 aromatic heterocycles. The molecule has 23 heavy (non-hydrogen) atoms. The van der Waals surface area contributed by atoms with E-state index in [1.807, 2.05) is 12.1 Å². The molecule has 4 rings (SSSR count). The van der Waals surface area contributed by atoms with Gasteiger partial charge in [0.1, 0.15) is 11.6 Å². The van der Waals surface area contributed by atoms with Crippen LogP contribution >= 0.6 is 11.6 Å². The third-order valence-electron chi connectivity index (χ3n) is 4.22. The first-order chi connectivity index (χ1) is 11.2. The zero-order valence-corrected chi connectivity index (χ0v) is 13.1. The maximum absolute atomic E-state index is 13.4. The third kappa shape index (κ3) is 2.66. The molecule has 4 nitrogen and oxygen atoms in total. The van der Waals surface area contributed by atoms with E-state index < -0.39 is 0 Å². The zero-order valence-electron chi connectivity index (χ0n) is 12.3. The number of rotatable bonds is 3. The largest absolute Gasteiger partial charge is 0.468 e. The Bertz CT molecular complexity index is 815. The second-order valence-electron chi connectivity index (χ2n) is 5.63. The average Bonchev–Trinajstić information content (AvgIpc) is 3.19.